The standard InChI is InChI=1S/CH7O2PS/c1-4(2,3)5/h2-5H,1H3. The van der Waals surface area contributed by atoms with Crippen LogP contribution >= 0.6 is 19.2 Å². The Labute approximate surface area is 36.5 Å². The van der Waals surface area contributed by atoms with Crippen LogP contribution in [0.5, 0.6) is 0 Å². The summed E-state index contributed by atoms with van der Waals surface area (Å²) in [4.78, 5) is 16.2. The van der Waals surface area contributed by atoms with Gasteiger partial charge in [0.05, 0.1) is 0 Å². The zero-order chi connectivity index (χ0) is 4.50. The van der Waals surface area contributed by atoms with Crippen LogP contribution in [-0.2, 0) is 0 Å². The summed E-state index contributed by atoms with van der Waals surface area (Å²) >= 11 is 3.37. The topological polar surface area (TPSA) is 40.5 Å². The van der Waals surface area contributed by atoms with Gasteiger partial charge in [-0.3, -0.25) is 0 Å². The third-order valence-electron chi connectivity index (χ3n) is 0. The van der Waals surface area contributed by atoms with Gasteiger partial charge >= 0.3 is 35.6 Å². The molecule has 0 heterocycles. The normalized spacial score (nSPS) is 15.2. The van der Waals surface area contributed by atoms with Crippen molar-refractivity contribution in [1.29, 1.82) is 0 Å². The Kier molecular flexibility index (Phi) is 1.63. The Morgan fingerprint density at radius 1 is 1.60 bits per heavy atom. The molecule has 0 radical (unpaired) electrons. The van der Waals surface area contributed by atoms with Crippen molar-refractivity contribution in [1.82, 2.24) is 0 Å². The van der Waals surface area contributed by atoms with Crippen LogP contribution in [0.2, 0.25) is 0 Å². The Bertz CT molecular complexity index is 25.1. The van der Waals surface area contributed by atoms with Crippen molar-refractivity contribution in [3.05, 3.63) is 0 Å². The molecule has 2 N–H and O–H groups in total. The molecule has 0 amide bonds. The Hall–Kier alpha value is 0.700. The van der Waals surface area contributed by atoms with Crippen LogP contribution in [0.1, 0.15) is 0 Å². The van der Waals surface area contributed by atoms with Crippen LogP contribution in [0.25, 0.3) is 0 Å². The number of hydrogen-bond acceptors (Lipinski definition) is 3. The molecule has 2 nitrogen and oxygen atoms in total. The SMILES string of the molecule is C[PH](O)(O)S. The van der Waals surface area contributed by atoms with E-state index < -0.39 is 6.92 Å². The van der Waals surface area contributed by atoms with E-state index in [9.17, 15) is 0 Å². The summed E-state index contributed by atoms with van der Waals surface area (Å²) < 4.78 is 0. The second-order valence-electron chi connectivity index (χ2n) is 0.971. The first-order chi connectivity index (χ1) is 2.00. The molecule has 0 saturated carbocycles. The van der Waals surface area contributed by atoms with Crippen molar-refractivity contribution in [2.24, 2.45) is 0 Å². The fourth-order valence-corrected chi connectivity index (χ4v) is 0. The Morgan fingerprint density at radius 3 is 1.60 bits per heavy atom. The van der Waals surface area contributed by atoms with E-state index >= 15 is 0 Å². The molecule has 0 saturated heterocycles. The second-order valence-corrected chi connectivity index (χ2v) is 5.45. The Balaban J connectivity index is 3.02. The van der Waals surface area contributed by atoms with Crippen LogP contribution in [0.3, 0.4) is 0 Å². The quantitative estimate of drug-likeness (QED) is 0.307. The van der Waals surface area contributed by atoms with E-state index in [1.165, 1.54) is 6.66 Å². The van der Waals surface area contributed by atoms with Gasteiger partial charge in [-0.25, -0.2) is 0 Å². The molecule has 0 fully saturated rings. The van der Waals surface area contributed by atoms with E-state index in [1.807, 2.05) is 0 Å². The molecule has 0 bridgehead atoms. The number of hydrogen-bond donors (Lipinski definition) is 3. The first-order valence-corrected chi connectivity index (χ1v) is 4.85. The minimum atomic E-state index is -2.92. The predicted octanol–water partition coefficient (Wildman–Crippen LogP) is 0.0255. The summed E-state index contributed by atoms with van der Waals surface area (Å²) in [6.07, 6.45) is 0. The summed E-state index contributed by atoms with van der Waals surface area (Å²) in [5.74, 6) is 0. The van der Waals surface area contributed by atoms with Crippen LogP contribution < -0.4 is 0 Å². The van der Waals surface area contributed by atoms with Gasteiger partial charge < -0.3 is 0 Å². The van der Waals surface area contributed by atoms with Gasteiger partial charge in [0.1, 0.15) is 0 Å². The third kappa shape index (κ3) is 69.9. The molecule has 0 aliphatic carbocycles. The molecule has 4 heteroatoms. The van der Waals surface area contributed by atoms with E-state index in [2.05, 4.69) is 12.2 Å². The summed E-state index contributed by atoms with van der Waals surface area (Å²) in [5.41, 5.74) is 0. The van der Waals surface area contributed by atoms with Gasteiger partial charge in [-0.2, -0.15) is 0 Å². The molecule has 0 atom stereocenters. The molecule has 0 unspecified atom stereocenters. The first kappa shape index (κ1) is 5.70. The van der Waals surface area contributed by atoms with Crippen molar-refractivity contribution in [2.75, 3.05) is 6.66 Å². The van der Waals surface area contributed by atoms with E-state index in [-0.39, 0.29) is 0 Å². The molecule has 0 rings (SSSR count). The van der Waals surface area contributed by atoms with Gasteiger partial charge in [0, 0.05) is 0 Å². The molecule has 0 aliphatic heterocycles. The summed E-state index contributed by atoms with van der Waals surface area (Å²) in [7, 11) is 0. The average molecular weight is 114 g/mol. The molecule has 0 aromatic heterocycles. The molecule has 0 aliphatic rings. The fourth-order valence-electron chi connectivity index (χ4n) is 0. The van der Waals surface area contributed by atoms with Gasteiger partial charge in [0.15, 0.2) is 0 Å². The van der Waals surface area contributed by atoms with Crippen LogP contribution in [0, 0.1) is 0 Å². The zero-order valence-electron chi connectivity index (χ0n) is 2.84. The predicted molar refractivity (Wildman–Crippen MR) is 27.7 cm³/mol. The molecular weight excluding hydrogens is 107 g/mol. The molecule has 34 valence electrons. The van der Waals surface area contributed by atoms with Crippen molar-refractivity contribution in [3.8, 4) is 0 Å². The molecule has 0 aromatic rings. The van der Waals surface area contributed by atoms with Gasteiger partial charge in [0.25, 0.3) is 0 Å². The van der Waals surface area contributed by atoms with Crippen LogP contribution in [0.15, 0.2) is 0 Å². The molecule has 0 aromatic carbocycles. The van der Waals surface area contributed by atoms with Crippen molar-refractivity contribution >= 4 is 19.2 Å². The number of thiol groups is 1. The van der Waals surface area contributed by atoms with Gasteiger partial charge in [0.2, 0.25) is 0 Å². The maximum atomic E-state index is 8.08. The zero-order valence-corrected chi connectivity index (χ0v) is 4.74. The van der Waals surface area contributed by atoms with Gasteiger partial charge in [-0.1, -0.05) is 0 Å². The van der Waals surface area contributed by atoms with Crippen molar-refractivity contribution < 1.29 is 9.79 Å². The average Bonchev–Trinajstić information content (AvgIpc) is 0.722. The van der Waals surface area contributed by atoms with E-state index in [1.54, 1.807) is 0 Å². The summed E-state index contributed by atoms with van der Waals surface area (Å²) in [5, 5.41) is 0. The summed E-state index contributed by atoms with van der Waals surface area (Å²) in [6, 6.07) is 0. The van der Waals surface area contributed by atoms with E-state index in [0.717, 1.165) is 0 Å². The summed E-state index contributed by atoms with van der Waals surface area (Å²) in [6.45, 7) is -1.61. The van der Waals surface area contributed by atoms with Crippen LogP contribution in [-0.4, -0.2) is 16.5 Å². The first-order valence-electron chi connectivity index (χ1n) is 1.17. The minimum absolute atomic E-state index is 1.30. The van der Waals surface area contributed by atoms with Crippen molar-refractivity contribution in [2.45, 2.75) is 0 Å². The number of rotatable bonds is 0. The third-order valence-corrected chi connectivity index (χ3v) is 0. The maximum absolute atomic E-state index is 8.08. The van der Waals surface area contributed by atoms with E-state index in [4.69, 9.17) is 9.79 Å². The van der Waals surface area contributed by atoms with Crippen molar-refractivity contribution in [3.63, 3.8) is 0 Å². The van der Waals surface area contributed by atoms with Crippen LogP contribution in [0.4, 0.5) is 0 Å². The molecule has 0 spiro atoms. The van der Waals surface area contributed by atoms with Gasteiger partial charge in [-0.05, 0) is 0 Å². The molecule has 5 heavy (non-hydrogen) atoms. The Morgan fingerprint density at radius 2 is 1.60 bits per heavy atom. The van der Waals surface area contributed by atoms with E-state index in [0.29, 0.717) is 0 Å². The monoisotopic (exact) mass is 114 g/mol. The van der Waals surface area contributed by atoms with Gasteiger partial charge in [-0.15, -0.1) is 0 Å². The second kappa shape index (κ2) is 1.43. The fraction of sp³-hybridized carbons (Fsp3) is 1.00. The molecular formula is CH7O2PS.